The molecule has 5 nitrogen and oxygen atoms in total. The number of hydrogen-bond donors (Lipinski definition) is 1. The molecule has 0 unspecified atom stereocenters. The summed E-state index contributed by atoms with van der Waals surface area (Å²) in [7, 11) is 0. The van der Waals surface area contributed by atoms with Crippen molar-refractivity contribution in [2.75, 3.05) is 6.54 Å². The molecule has 24 heavy (non-hydrogen) atoms. The van der Waals surface area contributed by atoms with Gasteiger partial charge in [0.15, 0.2) is 0 Å². The molecular formula is C14H13F5N4O. The zero-order chi connectivity index (χ0) is 17.7. The van der Waals surface area contributed by atoms with E-state index < -0.39 is 30.7 Å². The molecule has 0 aliphatic rings. The summed E-state index contributed by atoms with van der Waals surface area (Å²) in [4.78, 5) is 15.4. The summed E-state index contributed by atoms with van der Waals surface area (Å²) in [6.07, 6.45) is -5.92. The number of aromatic nitrogens is 3. The normalized spacial score (nSPS) is 11.8. The summed E-state index contributed by atoms with van der Waals surface area (Å²) in [5, 5.41) is 6.06. The van der Waals surface area contributed by atoms with E-state index in [-0.39, 0.29) is 24.4 Å². The van der Waals surface area contributed by atoms with Crippen molar-refractivity contribution in [3.63, 3.8) is 0 Å². The highest BCUT2D eigenvalue weighted by Crippen LogP contribution is 2.27. The van der Waals surface area contributed by atoms with Gasteiger partial charge in [-0.2, -0.15) is 18.3 Å². The molecule has 0 radical (unpaired) electrons. The van der Waals surface area contributed by atoms with Crippen LogP contribution in [0.25, 0.3) is 0 Å². The van der Waals surface area contributed by atoms with Gasteiger partial charge in [0.2, 0.25) is 0 Å². The van der Waals surface area contributed by atoms with Crippen LogP contribution in [0.5, 0.6) is 0 Å². The van der Waals surface area contributed by atoms with Gasteiger partial charge in [-0.05, 0) is 18.2 Å². The van der Waals surface area contributed by atoms with E-state index >= 15 is 0 Å². The predicted molar refractivity (Wildman–Crippen MR) is 73.5 cm³/mol. The second-order valence-corrected chi connectivity index (χ2v) is 4.81. The van der Waals surface area contributed by atoms with Crippen LogP contribution in [0.2, 0.25) is 0 Å². The average Bonchev–Trinajstić information content (AvgIpc) is 2.94. The Hall–Kier alpha value is -2.52. The van der Waals surface area contributed by atoms with E-state index in [0.717, 1.165) is 10.7 Å². The van der Waals surface area contributed by atoms with Crippen LogP contribution in [-0.4, -0.2) is 33.6 Å². The van der Waals surface area contributed by atoms with Crippen LogP contribution < -0.4 is 5.32 Å². The fourth-order valence-corrected chi connectivity index (χ4v) is 1.97. The third-order valence-corrected chi connectivity index (χ3v) is 3.02. The van der Waals surface area contributed by atoms with Crippen LogP contribution in [0, 0.1) is 0 Å². The molecule has 1 amide bonds. The number of nitrogens with one attached hydrogen (secondary N) is 1. The summed E-state index contributed by atoms with van der Waals surface area (Å²) in [5.74, 6) is -0.639. The molecule has 0 aliphatic heterocycles. The van der Waals surface area contributed by atoms with Crippen LogP contribution in [0.15, 0.2) is 30.5 Å². The first-order valence-corrected chi connectivity index (χ1v) is 6.88. The summed E-state index contributed by atoms with van der Waals surface area (Å²) in [5.41, 5.74) is -0.903. The Bertz CT molecular complexity index is 698. The van der Waals surface area contributed by atoms with Gasteiger partial charge in [-0.25, -0.2) is 13.8 Å². The number of nitrogens with zero attached hydrogens (tertiary/aromatic N) is 3. The first kappa shape index (κ1) is 17.8. The Morgan fingerprint density at radius 1 is 1.25 bits per heavy atom. The van der Waals surface area contributed by atoms with E-state index in [9.17, 15) is 26.7 Å². The third kappa shape index (κ3) is 4.74. The van der Waals surface area contributed by atoms with Crippen molar-refractivity contribution in [1.82, 2.24) is 20.1 Å². The molecule has 2 aromatic rings. The molecular weight excluding hydrogens is 335 g/mol. The van der Waals surface area contributed by atoms with E-state index in [1.54, 1.807) is 0 Å². The molecule has 130 valence electrons. The van der Waals surface area contributed by atoms with E-state index in [1.165, 1.54) is 24.4 Å². The lowest BCUT2D eigenvalue weighted by Crippen LogP contribution is -2.29. The van der Waals surface area contributed by atoms with Crippen molar-refractivity contribution < 1.29 is 26.7 Å². The summed E-state index contributed by atoms with van der Waals surface area (Å²) in [6, 6.07) is 4.76. The van der Waals surface area contributed by atoms with E-state index in [2.05, 4.69) is 15.4 Å². The Balaban J connectivity index is 1.93. The lowest BCUT2D eigenvalue weighted by atomic mass is 10.2. The van der Waals surface area contributed by atoms with Gasteiger partial charge in [0, 0.05) is 24.9 Å². The lowest BCUT2D eigenvalue weighted by Gasteiger charge is -2.09. The highest BCUT2D eigenvalue weighted by Gasteiger charge is 2.32. The zero-order valence-corrected chi connectivity index (χ0v) is 12.2. The minimum absolute atomic E-state index is 0.00695. The molecule has 0 bridgehead atoms. The number of amides is 1. The SMILES string of the molecule is O=C(NCCc1cccc(C(F)(F)F)n1)c1ccnn1CC(F)F. The third-order valence-electron chi connectivity index (χ3n) is 3.02. The largest absolute Gasteiger partial charge is 0.433 e. The summed E-state index contributed by atoms with van der Waals surface area (Å²) < 4.78 is 63.2. The van der Waals surface area contributed by atoms with Gasteiger partial charge in [0.1, 0.15) is 17.9 Å². The van der Waals surface area contributed by atoms with Gasteiger partial charge >= 0.3 is 6.18 Å². The number of rotatable bonds is 6. The molecule has 0 spiro atoms. The number of alkyl halides is 5. The number of carbonyl (C=O) groups excluding carboxylic acids is 1. The monoisotopic (exact) mass is 348 g/mol. The van der Waals surface area contributed by atoms with E-state index in [0.29, 0.717) is 0 Å². The van der Waals surface area contributed by atoms with Crippen LogP contribution in [0.3, 0.4) is 0 Å². The zero-order valence-electron chi connectivity index (χ0n) is 12.2. The molecule has 0 saturated carbocycles. The molecule has 0 aliphatic carbocycles. The van der Waals surface area contributed by atoms with Crippen LogP contribution in [0.4, 0.5) is 22.0 Å². The smallest absolute Gasteiger partial charge is 0.350 e. The number of carbonyl (C=O) groups is 1. The van der Waals surface area contributed by atoms with E-state index in [4.69, 9.17) is 0 Å². The number of halogens is 5. The van der Waals surface area contributed by atoms with Crippen LogP contribution in [-0.2, 0) is 19.1 Å². The van der Waals surface area contributed by atoms with Crippen LogP contribution in [0.1, 0.15) is 21.9 Å². The molecule has 0 atom stereocenters. The molecule has 0 saturated heterocycles. The highest BCUT2D eigenvalue weighted by molar-refractivity contribution is 5.92. The molecule has 0 aromatic carbocycles. The molecule has 10 heteroatoms. The fraction of sp³-hybridized carbons (Fsp3) is 0.357. The molecule has 2 aromatic heterocycles. The highest BCUT2D eigenvalue weighted by atomic mass is 19.4. The minimum Gasteiger partial charge on any atom is -0.350 e. The van der Waals surface area contributed by atoms with Crippen molar-refractivity contribution in [2.24, 2.45) is 0 Å². The Morgan fingerprint density at radius 2 is 2.00 bits per heavy atom. The predicted octanol–water partition coefficient (Wildman–Crippen LogP) is 2.53. The standard InChI is InChI=1S/C14H13F5N4O/c15-12(16)8-23-10(5-7-21-23)13(24)20-6-4-9-2-1-3-11(22-9)14(17,18)19/h1-3,5,7,12H,4,6,8H2,(H,20,24). The van der Waals surface area contributed by atoms with Crippen molar-refractivity contribution in [2.45, 2.75) is 25.6 Å². The Kier molecular flexibility index (Phi) is 5.47. The van der Waals surface area contributed by atoms with Gasteiger partial charge < -0.3 is 5.32 Å². The summed E-state index contributed by atoms with van der Waals surface area (Å²) >= 11 is 0. The molecule has 2 rings (SSSR count). The van der Waals surface area contributed by atoms with Gasteiger partial charge in [-0.1, -0.05) is 6.07 Å². The Labute approximate surface area is 133 Å². The second-order valence-electron chi connectivity index (χ2n) is 4.81. The van der Waals surface area contributed by atoms with Crippen molar-refractivity contribution >= 4 is 5.91 Å². The average molecular weight is 348 g/mol. The van der Waals surface area contributed by atoms with Gasteiger partial charge in [0.05, 0.1) is 0 Å². The minimum atomic E-state index is -4.54. The van der Waals surface area contributed by atoms with Crippen molar-refractivity contribution in [3.05, 3.63) is 47.5 Å². The maximum absolute atomic E-state index is 12.5. The van der Waals surface area contributed by atoms with Gasteiger partial charge in [-0.3, -0.25) is 9.48 Å². The van der Waals surface area contributed by atoms with Gasteiger partial charge in [-0.15, -0.1) is 0 Å². The van der Waals surface area contributed by atoms with Crippen molar-refractivity contribution in [1.29, 1.82) is 0 Å². The topological polar surface area (TPSA) is 59.8 Å². The maximum atomic E-state index is 12.5. The quantitative estimate of drug-likeness (QED) is 0.816. The summed E-state index contributed by atoms with van der Waals surface area (Å²) in [6.45, 7) is -0.710. The Morgan fingerprint density at radius 3 is 2.67 bits per heavy atom. The molecule has 0 fully saturated rings. The van der Waals surface area contributed by atoms with Crippen LogP contribution >= 0.6 is 0 Å². The fourth-order valence-electron chi connectivity index (χ4n) is 1.97. The first-order valence-electron chi connectivity index (χ1n) is 6.88. The second kappa shape index (κ2) is 7.37. The van der Waals surface area contributed by atoms with Gasteiger partial charge in [0.25, 0.3) is 12.3 Å². The van der Waals surface area contributed by atoms with E-state index in [1.807, 2.05) is 0 Å². The number of pyridine rings is 1. The number of hydrogen-bond acceptors (Lipinski definition) is 3. The van der Waals surface area contributed by atoms with Crippen molar-refractivity contribution in [3.8, 4) is 0 Å². The first-order chi connectivity index (χ1) is 11.3. The molecule has 2 heterocycles. The maximum Gasteiger partial charge on any atom is 0.433 e. The molecule has 1 N–H and O–H groups in total. The lowest BCUT2D eigenvalue weighted by molar-refractivity contribution is -0.141.